The van der Waals surface area contributed by atoms with Gasteiger partial charge in [-0.15, -0.1) is 0 Å². The molecule has 24 heavy (non-hydrogen) atoms. The van der Waals surface area contributed by atoms with Gasteiger partial charge in [-0.2, -0.15) is 0 Å². The van der Waals surface area contributed by atoms with Gasteiger partial charge in [0.1, 0.15) is 11.4 Å². The number of hydrogen-bond donors (Lipinski definition) is 1. The third-order valence-electron chi connectivity index (χ3n) is 3.07. The summed E-state index contributed by atoms with van der Waals surface area (Å²) < 4.78 is 18.7. The first-order valence-corrected chi connectivity index (χ1v) is 8.46. The fourth-order valence-electron chi connectivity index (χ4n) is 2.02. The SMILES string of the molecule is CC(C)(C)OC(=O)N(CCNc1c(Cl)cc(F)cc1Cl)C(C)(C)C. The fraction of sp³-hybridized carbons (Fsp3) is 0.588. The van der Waals surface area contributed by atoms with E-state index in [0.717, 1.165) is 0 Å². The highest BCUT2D eigenvalue weighted by Crippen LogP contribution is 2.31. The summed E-state index contributed by atoms with van der Waals surface area (Å²) in [6.07, 6.45) is -0.395. The van der Waals surface area contributed by atoms with E-state index in [1.807, 2.05) is 41.5 Å². The zero-order valence-electron chi connectivity index (χ0n) is 15.0. The Balaban J connectivity index is 2.79. The van der Waals surface area contributed by atoms with E-state index in [1.54, 1.807) is 4.90 Å². The van der Waals surface area contributed by atoms with E-state index in [1.165, 1.54) is 12.1 Å². The Kier molecular flexibility index (Phi) is 6.76. The summed E-state index contributed by atoms with van der Waals surface area (Å²) in [5, 5.41) is 3.44. The summed E-state index contributed by atoms with van der Waals surface area (Å²) in [5.41, 5.74) is -0.546. The Bertz CT molecular complexity index is 572. The Morgan fingerprint density at radius 2 is 1.67 bits per heavy atom. The van der Waals surface area contributed by atoms with Crippen LogP contribution in [0.3, 0.4) is 0 Å². The molecule has 0 radical (unpaired) electrons. The van der Waals surface area contributed by atoms with Gasteiger partial charge in [-0.05, 0) is 53.7 Å². The second kappa shape index (κ2) is 7.79. The zero-order valence-corrected chi connectivity index (χ0v) is 16.5. The van der Waals surface area contributed by atoms with E-state index in [2.05, 4.69) is 5.32 Å². The molecule has 0 saturated heterocycles. The van der Waals surface area contributed by atoms with Crippen LogP contribution < -0.4 is 5.32 Å². The summed E-state index contributed by atoms with van der Waals surface area (Å²) >= 11 is 12.0. The van der Waals surface area contributed by atoms with E-state index < -0.39 is 23.1 Å². The van der Waals surface area contributed by atoms with Gasteiger partial charge in [-0.25, -0.2) is 9.18 Å². The van der Waals surface area contributed by atoms with Gasteiger partial charge in [-0.1, -0.05) is 23.2 Å². The number of rotatable bonds is 4. The predicted molar refractivity (Wildman–Crippen MR) is 97.6 cm³/mol. The highest BCUT2D eigenvalue weighted by Gasteiger charge is 2.30. The molecule has 1 N–H and O–H groups in total. The largest absolute Gasteiger partial charge is 0.444 e. The molecule has 0 bridgehead atoms. The number of benzene rings is 1. The van der Waals surface area contributed by atoms with Gasteiger partial charge >= 0.3 is 6.09 Å². The third kappa shape index (κ3) is 6.36. The number of carbonyl (C=O) groups is 1. The van der Waals surface area contributed by atoms with Crippen molar-refractivity contribution >= 4 is 35.0 Å². The maximum Gasteiger partial charge on any atom is 0.410 e. The van der Waals surface area contributed by atoms with Gasteiger partial charge in [0.2, 0.25) is 0 Å². The van der Waals surface area contributed by atoms with Crippen LogP contribution in [0.2, 0.25) is 10.0 Å². The van der Waals surface area contributed by atoms with Crippen LogP contribution in [0.5, 0.6) is 0 Å². The first-order chi connectivity index (χ1) is 10.8. The van der Waals surface area contributed by atoms with Crippen molar-refractivity contribution in [2.24, 2.45) is 0 Å². The predicted octanol–water partition coefficient (Wildman–Crippen LogP) is 5.58. The normalized spacial score (nSPS) is 12.0. The quantitative estimate of drug-likeness (QED) is 0.743. The fourth-order valence-corrected chi connectivity index (χ4v) is 2.62. The molecule has 1 aromatic rings. The lowest BCUT2D eigenvalue weighted by Crippen LogP contribution is -2.49. The van der Waals surface area contributed by atoms with Crippen LogP contribution in [0.1, 0.15) is 41.5 Å². The van der Waals surface area contributed by atoms with Gasteiger partial charge in [0.05, 0.1) is 15.7 Å². The van der Waals surface area contributed by atoms with Crippen LogP contribution in [-0.2, 0) is 4.74 Å². The van der Waals surface area contributed by atoms with Crippen molar-refractivity contribution in [3.63, 3.8) is 0 Å². The molecule has 0 fully saturated rings. The van der Waals surface area contributed by atoms with E-state index in [9.17, 15) is 9.18 Å². The Morgan fingerprint density at radius 3 is 2.08 bits per heavy atom. The standard InChI is InChI=1S/C17H25Cl2FN2O2/c1-16(2,3)22(15(23)24-17(4,5)6)8-7-21-14-12(18)9-11(20)10-13(14)19/h9-10,21H,7-8H2,1-6H3. The molecule has 1 aromatic carbocycles. The molecule has 0 atom stereocenters. The van der Waals surface area contributed by atoms with Crippen LogP contribution >= 0.6 is 23.2 Å². The highest BCUT2D eigenvalue weighted by atomic mass is 35.5. The molecule has 1 rings (SSSR count). The second-order valence-electron chi connectivity index (χ2n) is 7.47. The van der Waals surface area contributed by atoms with Gasteiger partial charge in [0, 0.05) is 18.6 Å². The van der Waals surface area contributed by atoms with Crippen molar-refractivity contribution < 1.29 is 13.9 Å². The van der Waals surface area contributed by atoms with Crippen LogP contribution in [0.4, 0.5) is 14.9 Å². The monoisotopic (exact) mass is 378 g/mol. The first kappa shape index (κ1) is 20.8. The van der Waals surface area contributed by atoms with Crippen molar-refractivity contribution in [2.45, 2.75) is 52.7 Å². The number of ether oxygens (including phenoxy) is 1. The van der Waals surface area contributed by atoms with Crippen LogP contribution in [-0.4, -0.2) is 35.2 Å². The molecule has 136 valence electrons. The molecule has 0 aliphatic rings. The smallest absolute Gasteiger partial charge is 0.410 e. The average Bonchev–Trinajstić information content (AvgIpc) is 2.32. The van der Waals surface area contributed by atoms with E-state index in [-0.39, 0.29) is 10.0 Å². The third-order valence-corrected chi connectivity index (χ3v) is 3.66. The van der Waals surface area contributed by atoms with Crippen molar-refractivity contribution in [3.8, 4) is 0 Å². The number of anilines is 1. The van der Waals surface area contributed by atoms with Crippen molar-refractivity contribution in [1.82, 2.24) is 4.90 Å². The summed E-state index contributed by atoms with van der Waals surface area (Å²) in [7, 11) is 0. The lowest BCUT2D eigenvalue weighted by molar-refractivity contribution is 0.00749. The Morgan fingerprint density at radius 1 is 1.17 bits per heavy atom. The molecule has 0 saturated carbocycles. The highest BCUT2D eigenvalue weighted by molar-refractivity contribution is 6.39. The van der Waals surface area contributed by atoms with Crippen molar-refractivity contribution in [3.05, 3.63) is 28.0 Å². The minimum atomic E-state index is -0.572. The van der Waals surface area contributed by atoms with Gasteiger partial charge in [-0.3, -0.25) is 0 Å². The number of nitrogens with one attached hydrogen (secondary N) is 1. The molecule has 0 aliphatic carbocycles. The van der Waals surface area contributed by atoms with Gasteiger partial charge < -0.3 is 15.0 Å². The number of carbonyl (C=O) groups excluding carboxylic acids is 1. The summed E-state index contributed by atoms with van der Waals surface area (Å²) in [4.78, 5) is 14.0. The maximum absolute atomic E-state index is 13.2. The molecule has 0 spiro atoms. The molecular weight excluding hydrogens is 354 g/mol. The first-order valence-electron chi connectivity index (χ1n) is 7.70. The van der Waals surface area contributed by atoms with Crippen molar-refractivity contribution in [2.75, 3.05) is 18.4 Å². The molecule has 1 amide bonds. The zero-order chi connectivity index (χ0) is 18.7. The van der Waals surface area contributed by atoms with Crippen molar-refractivity contribution in [1.29, 1.82) is 0 Å². The van der Waals surface area contributed by atoms with E-state index in [0.29, 0.717) is 18.8 Å². The minimum Gasteiger partial charge on any atom is -0.444 e. The Labute approximate surface area is 153 Å². The average molecular weight is 379 g/mol. The summed E-state index contributed by atoms with van der Waals surface area (Å²) in [5.74, 6) is -0.499. The van der Waals surface area contributed by atoms with E-state index >= 15 is 0 Å². The molecular formula is C17H25Cl2FN2O2. The van der Waals surface area contributed by atoms with E-state index in [4.69, 9.17) is 27.9 Å². The molecule has 0 unspecified atom stereocenters. The van der Waals surface area contributed by atoms with Gasteiger partial charge in [0.15, 0.2) is 0 Å². The number of nitrogens with zero attached hydrogens (tertiary/aromatic N) is 1. The van der Waals surface area contributed by atoms with Crippen LogP contribution in [0.25, 0.3) is 0 Å². The molecule has 0 aromatic heterocycles. The topological polar surface area (TPSA) is 41.6 Å². The lowest BCUT2D eigenvalue weighted by atomic mass is 10.1. The maximum atomic E-state index is 13.2. The number of amides is 1. The molecule has 0 heterocycles. The number of halogens is 3. The summed E-state index contributed by atoms with van der Waals surface area (Å²) in [6, 6.07) is 2.37. The summed E-state index contributed by atoms with van der Waals surface area (Å²) in [6.45, 7) is 12.0. The second-order valence-corrected chi connectivity index (χ2v) is 8.29. The molecule has 7 heteroatoms. The molecule has 4 nitrogen and oxygen atoms in total. The van der Waals surface area contributed by atoms with Crippen LogP contribution in [0.15, 0.2) is 12.1 Å². The number of hydrogen-bond acceptors (Lipinski definition) is 3. The van der Waals surface area contributed by atoms with Crippen LogP contribution in [0, 0.1) is 5.82 Å². The Hall–Kier alpha value is -1.20. The molecule has 0 aliphatic heterocycles. The lowest BCUT2D eigenvalue weighted by Gasteiger charge is -2.37. The van der Waals surface area contributed by atoms with Gasteiger partial charge in [0.25, 0.3) is 0 Å². The minimum absolute atomic E-state index is 0.194.